The van der Waals surface area contributed by atoms with Crippen LogP contribution in [0.3, 0.4) is 0 Å². The van der Waals surface area contributed by atoms with Gasteiger partial charge in [0.25, 0.3) is 0 Å². The van der Waals surface area contributed by atoms with E-state index < -0.39 is 0 Å². The lowest BCUT2D eigenvalue weighted by atomic mass is 10.1. The molecular weight excluding hydrogens is 308 g/mol. The van der Waals surface area contributed by atoms with Crippen LogP contribution in [0.15, 0.2) is 35.1 Å². The fourth-order valence-corrected chi connectivity index (χ4v) is 2.40. The molecule has 0 fully saturated rings. The largest absolute Gasteiger partial charge is 0.497 e. The number of nitrogens with two attached hydrogens (primary N) is 1. The molecule has 1 atom stereocenters. The molecule has 1 aromatic heterocycles. The quantitative estimate of drug-likeness (QED) is 0.651. The first-order valence-corrected chi connectivity index (χ1v) is 6.70. The van der Waals surface area contributed by atoms with Gasteiger partial charge in [0.1, 0.15) is 11.6 Å². The number of aryl methyl sites for hydroxylation is 1. The molecule has 0 amide bonds. The van der Waals surface area contributed by atoms with Crippen molar-refractivity contribution in [3.63, 3.8) is 0 Å². The molecule has 1 aromatic carbocycles. The van der Waals surface area contributed by atoms with Crippen molar-refractivity contribution < 1.29 is 4.74 Å². The Hall–Kier alpha value is -1.37. The second-order valence-electron chi connectivity index (χ2n) is 4.28. The molecule has 6 heteroatoms. The highest BCUT2D eigenvalue weighted by atomic mass is 79.9. The standard InChI is InChI=1S/C13H17BrN4O/c1-18-6-5-16-13(18)12(17-15)8-9-7-10(19-2)3-4-11(9)14/h3-7,12,17H,8,15H2,1-2H3. The topological polar surface area (TPSA) is 65.1 Å². The molecule has 0 aliphatic heterocycles. The predicted octanol–water partition coefficient (Wildman–Crippen LogP) is 1.94. The summed E-state index contributed by atoms with van der Waals surface area (Å²) in [6.45, 7) is 0. The van der Waals surface area contributed by atoms with Gasteiger partial charge in [-0.3, -0.25) is 5.84 Å². The van der Waals surface area contributed by atoms with Crippen LogP contribution in [0.25, 0.3) is 0 Å². The highest BCUT2D eigenvalue weighted by Crippen LogP contribution is 2.26. The van der Waals surface area contributed by atoms with Crippen molar-refractivity contribution in [2.45, 2.75) is 12.5 Å². The number of halogens is 1. The van der Waals surface area contributed by atoms with E-state index in [2.05, 4.69) is 26.3 Å². The van der Waals surface area contributed by atoms with Crippen molar-refractivity contribution in [2.24, 2.45) is 12.9 Å². The van der Waals surface area contributed by atoms with E-state index >= 15 is 0 Å². The molecule has 2 rings (SSSR count). The summed E-state index contributed by atoms with van der Waals surface area (Å²) in [6, 6.07) is 5.83. The average molecular weight is 325 g/mol. The number of imidazole rings is 1. The first-order valence-electron chi connectivity index (χ1n) is 5.91. The molecule has 0 spiro atoms. The number of hydrazine groups is 1. The average Bonchev–Trinajstić information content (AvgIpc) is 2.84. The van der Waals surface area contributed by atoms with Crippen LogP contribution in [0.2, 0.25) is 0 Å². The Balaban J connectivity index is 2.26. The molecule has 0 saturated heterocycles. The van der Waals surface area contributed by atoms with E-state index in [9.17, 15) is 0 Å². The Bertz CT molecular complexity index is 555. The third-order valence-corrected chi connectivity index (χ3v) is 3.82. The Morgan fingerprint density at radius 1 is 1.53 bits per heavy atom. The number of benzene rings is 1. The van der Waals surface area contributed by atoms with Gasteiger partial charge in [0.05, 0.1) is 13.2 Å². The first-order chi connectivity index (χ1) is 9.15. The maximum absolute atomic E-state index is 5.65. The van der Waals surface area contributed by atoms with E-state index in [0.29, 0.717) is 0 Å². The van der Waals surface area contributed by atoms with Crippen molar-refractivity contribution in [2.75, 3.05) is 7.11 Å². The lowest BCUT2D eigenvalue weighted by Gasteiger charge is -2.17. The van der Waals surface area contributed by atoms with E-state index in [4.69, 9.17) is 10.6 Å². The highest BCUT2D eigenvalue weighted by molar-refractivity contribution is 9.10. The summed E-state index contributed by atoms with van der Waals surface area (Å²) in [5.74, 6) is 7.38. The third-order valence-electron chi connectivity index (χ3n) is 3.05. The molecular formula is C13H17BrN4O. The normalized spacial score (nSPS) is 12.4. The van der Waals surface area contributed by atoms with Gasteiger partial charge < -0.3 is 9.30 Å². The molecule has 0 aliphatic carbocycles. The summed E-state index contributed by atoms with van der Waals surface area (Å²) in [6.07, 6.45) is 4.39. The van der Waals surface area contributed by atoms with Gasteiger partial charge in [-0.25, -0.2) is 10.4 Å². The van der Waals surface area contributed by atoms with E-state index in [1.54, 1.807) is 13.3 Å². The maximum atomic E-state index is 5.65. The van der Waals surface area contributed by atoms with Crippen LogP contribution >= 0.6 is 15.9 Å². The van der Waals surface area contributed by atoms with Crippen LogP contribution in [0.1, 0.15) is 17.4 Å². The number of aromatic nitrogens is 2. The first kappa shape index (κ1) is 14.0. The van der Waals surface area contributed by atoms with Gasteiger partial charge in [-0.15, -0.1) is 0 Å². The Labute approximate surface area is 120 Å². The molecule has 3 N–H and O–H groups in total. The van der Waals surface area contributed by atoms with Crippen molar-refractivity contribution in [1.29, 1.82) is 0 Å². The van der Waals surface area contributed by atoms with Crippen molar-refractivity contribution in [1.82, 2.24) is 15.0 Å². The van der Waals surface area contributed by atoms with Gasteiger partial charge in [0.15, 0.2) is 0 Å². The Kier molecular flexibility index (Phi) is 4.57. The number of ether oxygens (including phenoxy) is 1. The molecule has 0 bridgehead atoms. The zero-order valence-electron chi connectivity index (χ0n) is 10.9. The minimum Gasteiger partial charge on any atom is -0.497 e. The Morgan fingerprint density at radius 3 is 2.89 bits per heavy atom. The summed E-state index contributed by atoms with van der Waals surface area (Å²) in [4.78, 5) is 4.33. The second kappa shape index (κ2) is 6.18. The minimum absolute atomic E-state index is 0.0524. The van der Waals surface area contributed by atoms with Gasteiger partial charge in [0, 0.05) is 23.9 Å². The van der Waals surface area contributed by atoms with Crippen molar-refractivity contribution >= 4 is 15.9 Å². The van der Waals surface area contributed by atoms with Gasteiger partial charge in [0.2, 0.25) is 0 Å². The van der Waals surface area contributed by atoms with E-state index in [1.807, 2.05) is 36.0 Å². The van der Waals surface area contributed by atoms with Crippen LogP contribution in [0.5, 0.6) is 5.75 Å². The fraction of sp³-hybridized carbons (Fsp3) is 0.308. The lowest BCUT2D eigenvalue weighted by molar-refractivity contribution is 0.413. The van der Waals surface area contributed by atoms with Crippen LogP contribution in [-0.2, 0) is 13.5 Å². The second-order valence-corrected chi connectivity index (χ2v) is 5.13. The lowest BCUT2D eigenvalue weighted by Crippen LogP contribution is -2.31. The third kappa shape index (κ3) is 3.15. The predicted molar refractivity (Wildman–Crippen MR) is 77.7 cm³/mol. The molecule has 1 unspecified atom stereocenters. The summed E-state index contributed by atoms with van der Waals surface area (Å²) in [5.41, 5.74) is 3.93. The molecule has 0 radical (unpaired) electrons. The van der Waals surface area contributed by atoms with Crippen LogP contribution in [0.4, 0.5) is 0 Å². The summed E-state index contributed by atoms with van der Waals surface area (Å²) in [7, 11) is 3.61. The van der Waals surface area contributed by atoms with Gasteiger partial charge in [-0.1, -0.05) is 15.9 Å². The van der Waals surface area contributed by atoms with Crippen molar-refractivity contribution in [3.05, 3.63) is 46.5 Å². The molecule has 0 saturated carbocycles. The summed E-state index contributed by atoms with van der Waals surface area (Å²) < 4.78 is 8.23. The van der Waals surface area contributed by atoms with Crippen LogP contribution < -0.4 is 16.0 Å². The van der Waals surface area contributed by atoms with Gasteiger partial charge >= 0.3 is 0 Å². The maximum Gasteiger partial charge on any atom is 0.127 e. The molecule has 0 aliphatic rings. The summed E-state index contributed by atoms with van der Waals surface area (Å²) in [5, 5.41) is 0. The minimum atomic E-state index is -0.0524. The van der Waals surface area contributed by atoms with Gasteiger partial charge in [-0.05, 0) is 30.2 Å². The van der Waals surface area contributed by atoms with E-state index in [1.165, 1.54) is 0 Å². The molecule has 102 valence electrons. The Morgan fingerprint density at radius 2 is 2.32 bits per heavy atom. The number of nitrogens with zero attached hydrogens (tertiary/aromatic N) is 2. The van der Waals surface area contributed by atoms with E-state index in [0.717, 1.165) is 28.0 Å². The fourth-order valence-electron chi connectivity index (χ4n) is 1.99. The molecule has 1 heterocycles. The number of nitrogens with one attached hydrogen (secondary N) is 1. The number of rotatable bonds is 5. The van der Waals surface area contributed by atoms with Crippen LogP contribution in [0, 0.1) is 0 Å². The number of hydrogen-bond donors (Lipinski definition) is 2. The summed E-state index contributed by atoms with van der Waals surface area (Å²) >= 11 is 3.55. The monoisotopic (exact) mass is 324 g/mol. The number of hydrogen-bond acceptors (Lipinski definition) is 4. The zero-order valence-corrected chi connectivity index (χ0v) is 12.5. The molecule has 2 aromatic rings. The van der Waals surface area contributed by atoms with Crippen molar-refractivity contribution in [3.8, 4) is 5.75 Å². The zero-order chi connectivity index (χ0) is 13.8. The highest BCUT2D eigenvalue weighted by Gasteiger charge is 2.16. The van der Waals surface area contributed by atoms with Crippen LogP contribution in [-0.4, -0.2) is 16.7 Å². The van der Waals surface area contributed by atoms with E-state index in [-0.39, 0.29) is 6.04 Å². The van der Waals surface area contributed by atoms with Gasteiger partial charge in [-0.2, -0.15) is 0 Å². The number of methoxy groups -OCH3 is 1. The molecule has 19 heavy (non-hydrogen) atoms. The smallest absolute Gasteiger partial charge is 0.127 e. The molecule has 5 nitrogen and oxygen atoms in total. The SMILES string of the molecule is COc1ccc(Br)c(CC(NN)c2nccn2C)c1.